The van der Waals surface area contributed by atoms with Gasteiger partial charge in [-0.1, -0.05) is 19.1 Å². The Morgan fingerprint density at radius 1 is 1.23 bits per heavy atom. The van der Waals surface area contributed by atoms with Gasteiger partial charge in [0.25, 0.3) is 0 Å². The van der Waals surface area contributed by atoms with Crippen molar-refractivity contribution in [2.24, 2.45) is 11.8 Å². The number of ether oxygens (including phenoxy) is 1. The van der Waals surface area contributed by atoms with Crippen LogP contribution in [0.3, 0.4) is 0 Å². The fourth-order valence-corrected chi connectivity index (χ4v) is 3.31. The highest BCUT2D eigenvalue weighted by Gasteiger charge is 2.37. The van der Waals surface area contributed by atoms with Crippen molar-refractivity contribution >= 4 is 6.03 Å². The Balaban J connectivity index is 1.70. The van der Waals surface area contributed by atoms with E-state index in [4.69, 9.17) is 4.74 Å². The van der Waals surface area contributed by atoms with Crippen molar-refractivity contribution in [3.63, 3.8) is 0 Å². The second-order valence-corrected chi connectivity index (χ2v) is 6.74. The van der Waals surface area contributed by atoms with E-state index in [0.29, 0.717) is 17.9 Å². The molecule has 2 fully saturated rings. The molecule has 22 heavy (non-hydrogen) atoms. The molecule has 1 aromatic carbocycles. The van der Waals surface area contributed by atoms with Crippen molar-refractivity contribution < 1.29 is 9.53 Å². The van der Waals surface area contributed by atoms with Crippen molar-refractivity contribution in [1.82, 2.24) is 10.2 Å². The van der Waals surface area contributed by atoms with Crippen LogP contribution in [0.15, 0.2) is 24.3 Å². The molecule has 1 saturated carbocycles. The Hall–Kier alpha value is -1.71. The first-order valence-electron chi connectivity index (χ1n) is 8.31. The standard InChI is InChI=1S/C18H26N2O2/c1-12-10-11-20(13(12)2)18(21)19-17(14-4-5-14)15-6-8-16(22-3)9-7-15/h6-9,12-14,17H,4-5,10-11H2,1-3H3,(H,19,21)/t12-,13-,17-/m1/s1. The smallest absolute Gasteiger partial charge is 0.318 e. The van der Waals surface area contributed by atoms with Gasteiger partial charge in [0.05, 0.1) is 13.2 Å². The largest absolute Gasteiger partial charge is 0.497 e. The van der Waals surface area contributed by atoms with Crippen LogP contribution in [-0.4, -0.2) is 30.6 Å². The van der Waals surface area contributed by atoms with Crippen molar-refractivity contribution in [2.45, 2.75) is 45.2 Å². The lowest BCUT2D eigenvalue weighted by Gasteiger charge is -2.27. The zero-order valence-corrected chi connectivity index (χ0v) is 13.7. The summed E-state index contributed by atoms with van der Waals surface area (Å²) in [6.45, 7) is 5.24. The number of hydrogen-bond acceptors (Lipinski definition) is 2. The fourth-order valence-electron chi connectivity index (χ4n) is 3.31. The highest BCUT2D eigenvalue weighted by molar-refractivity contribution is 5.75. The van der Waals surface area contributed by atoms with Gasteiger partial charge in [-0.25, -0.2) is 4.79 Å². The van der Waals surface area contributed by atoms with E-state index in [1.165, 1.54) is 18.4 Å². The number of hydrogen-bond donors (Lipinski definition) is 1. The van der Waals surface area contributed by atoms with Crippen LogP contribution in [0.5, 0.6) is 5.75 Å². The fraction of sp³-hybridized carbons (Fsp3) is 0.611. The summed E-state index contributed by atoms with van der Waals surface area (Å²) < 4.78 is 5.22. The molecule has 4 heteroatoms. The van der Waals surface area contributed by atoms with Crippen LogP contribution in [0.1, 0.15) is 44.7 Å². The lowest BCUT2D eigenvalue weighted by molar-refractivity contribution is 0.186. The van der Waals surface area contributed by atoms with Crippen molar-refractivity contribution in [2.75, 3.05) is 13.7 Å². The molecule has 3 atom stereocenters. The van der Waals surface area contributed by atoms with Gasteiger partial charge in [-0.05, 0) is 55.7 Å². The molecule has 2 aliphatic rings. The summed E-state index contributed by atoms with van der Waals surface area (Å²) in [7, 11) is 1.67. The predicted molar refractivity (Wildman–Crippen MR) is 86.9 cm³/mol. The molecule has 4 nitrogen and oxygen atoms in total. The Morgan fingerprint density at radius 3 is 2.41 bits per heavy atom. The number of nitrogens with one attached hydrogen (secondary N) is 1. The van der Waals surface area contributed by atoms with Gasteiger partial charge in [-0.15, -0.1) is 0 Å². The molecule has 1 aliphatic heterocycles. The topological polar surface area (TPSA) is 41.6 Å². The molecule has 1 N–H and O–H groups in total. The summed E-state index contributed by atoms with van der Waals surface area (Å²) in [4.78, 5) is 14.6. The molecule has 1 aromatic rings. The third kappa shape index (κ3) is 3.06. The molecule has 3 rings (SSSR count). The van der Waals surface area contributed by atoms with Gasteiger partial charge >= 0.3 is 6.03 Å². The number of urea groups is 1. The SMILES string of the molecule is COc1ccc([C@H](NC(=O)N2CC[C@@H](C)[C@H]2C)C2CC2)cc1. The number of carbonyl (C=O) groups is 1. The van der Waals surface area contributed by atoms with Crippen LogP contribution in [0.2, 0.25) is 0 Å². The zero-order chi connectivity index (χ0) is 15.7. The van der Waals surface area contributed by atoms with Crippen LogP contribution < -0.4 is 10.1 Å². The molecule has 2 amide bonds. The number of carbonyl (C=O) groups excluding carboxylic acids is 1. The van der Waals surface area contributed by atoms with E-state index >= 15 is 0 Å². The quantitative estimate of drug-likeness (QED) is 0.923. The first kappa shape index (κ1) is 15.2. The monoisotopic (exact) mass is 302 g/mol. The zero-order valence-electron chi connectivity index (χ0n) is 13.7. The van der Waals surface area contributed by atoms with E-state index < -0.39 is 0 Å². The summed E-state index contributed by atoms with van der Waals surface area (Å²) in [6, 6.07) is 8.62. The minimum absolute atomic E-state index is 0.0876. The van der Waals surface area contributed by atoms with Gasteiger partial charge in [0.2, 0.25) is 0 Å². The van der Waals surface area contributed by atoms with Crippen molar-refractivity contribution in [3.05, 3.63) is 29.8 Å². The maximum absolute atomic E-state index is 12.6. The average Bonchev–Trinajstić information content (AvgIpc) is 3.32. The second-order valence-electron chi connectivity index (χ2n) is 6.74. The van der Waals surface area contributed by atoms with Crippen LogP contribution >= 0.6 is 0 Å². The van der Waals surface area contributed by atoms with E-state index in [0.717, 1.165) is 18.7 Å². The van der Waals surface area contributed by atoms with Gasteiger partial charge in [-0.2, -0.15) is 0 Å². The molecule has 0 bridgehead atoms. The van der Waals surface area contributed by atoms with Gasteiger partial charge in [0, 0.05) is 12.6 Å². The number of methoxy groups -OCH3 is 1. The van der Waals surface area contributed by atoms with E-state index in [1.54, 1.807) is 7.11 Å². The first-order chi connectivity index (χ1) is 10.6. The maximum atomic E-state index is 12.6. The van der Waals surface area contributed by atoms with E-state index in [2.05, 4.69) is 31.3 Å². The Kier molecular flexibility index (Phi) is 4.27. The molecular formula is C18H26N2O2. The predicted octanol–water partition coefficient (Wildman–Crippen LogP) is 3.59. The Morgan fingerprint density at radius 2 is 1.91 bits per heavy atom. The molecular weight excluding hydrogens is 276 g/mol. The normalized spacial score (nSPS) is 25.9. The van der Waals surface area contributed by atoms with Crippen LogP contribution in [0.25, 0.3) is 0 Å². The Bertz CT molecular complexity index is 524. The van der Waals surface area contributed by atoms with Gasteiger partial charge in [0.1, 0.15) is 5.75 Å². The second kappa shape index (κ2) is 6.19. The molecule has 120 valence electrons. The third-order valence-electron chi connectivity index (χ3n) is 5.25. The van der Waals surface area contributed by atoms with Gasteiger partial charge < -0.3 is 15.0 Å². The third-order valence-corrected chi connectivity index (χ3v) is 5.25. The van der Waals surface area contributed by atoms with Gasteiger partial charge in [0.15, 0.2) is 0 Å². The number of likely N-dealkylation sites (tertiary alicyclic amines) is 1. The summed E-state index contributed by atoms with van der Waals surface area (Å²) in [5.74, 6) is 2.02. The number of amides is 2. The molecule has 1 heterocycles. The minimum Gasteiger partial charge on any atom is -0.497 e. The average molecular weight is 302 g/mol. The highest BCUT2D eigenvalue weighted by atomic mass is 16.5. The van der Waals surface area contributed by atoms with Crippen LogP contribution in [0, 0.1) is 11.8 Å². The summed E-state index contributed by atoms with van der Waals surface area (Å²) in [6.07, 6.45) is 3.50. The maximum Gasteiger partial charge on any atom is 0.318 e. The lowest BCUT2D eigenvalue weighted by Crippen LogP contribution is -2.44. The first-order valence-corrected chi connectivity index (χ1v) is 8.31. The number of benzene rings is 1. The summed E-state index contributed by atoms with van der Waals surface area (Å²) >= 11 is 0. The van der Waals surface area contributed by atoms with Crippen LogP contribution in [0.4, 0.5) is 4.79 Å². The van der Waals surface area contributed by atoms with E-state index in [9.17, 15) is 4.79 Å². The minimum atomic E-state index is 0.0876. The van der Waals surface area contributed by atoms with E-state index in [-0.39, 0.29) is 12.1 Å². The highest BCUT2D eigenvalue weighted by Crippen LogP contribution is 2.41. The van der Waals surface area contributed by atoms with Crippen LogP contribution in [-0.2, 0) is 0 Å². The Labute approximate surface area is 132 Å². The van der Waals surface area contributed by atoms with Crippen molar-refractivity contribution in [1.29, 1.82) is 0 Å². The summed E-state index contributed by atoms with van der Waals surface area (Å²) in [5.41, 5.74) is 1.18. The molecule has 1 aliphatic carbocycles. The molecule has 0 radical (unpaired) electrons. The molecule has 1 saturated heterocycles. The van der Waals surface area contributed by atoms with E-state index in [1.807, 2.05) is 17.0 Å². The number of rotatable bonds is 4. The lowest BCUT2D eigenvalue weighted by atomic mass is 10.0. The van der Waals surface area contributed by atoms with Crippen molar-refractivity contribution in [3.8, 4) is 5.75 Å². The molecule has 0 spiro atoms. The summed E-state index contributed by atoms with van der Waals surface area (Å²) in [5, 5.41) is 3.27. The molecule has 0 unspecified atom stereocenters. The number of nitrogens with zero attached hydrogens (tertiary/aromatic N) is 1. The molecule has 0 aromatic heterocycles. The van der Waals surface area contributed by atoms with Gasteiger partial charge in [-0.3, -0.25) is 0 Å².